The van der Waals surface area contributed by atoms with E-state index in [1.165, 1.54) is 0 Å². The maximum absolute atomic E-state index is 4.94. The molecule has 0 spiro atoms. The lowest BCUT2D eigenvalue weighted by Crippen LogP contribution is -2.25. The fraction of sp³-hybridized carbons (Fsp3) is 1.00. The molecule has 0 aliphatic carbocycles. The average Bonchev–Trinajstić information content (AvgIpc) is 2.35. The fourth-order valence-electron chi connectivity index (χ4n) is 0.0833. The zero-order valence-electron chi connectivity index (χ0n) is 21.7. The SMILES string of the molecule is CC(C)(C)C.CC(C)(C)C(C)(C)C.COC(C)(C)C.COC(C)(C)OC. The van der Waals surface area contributed by atoms with Gasteiger partial charge in [-0.2, -0.15) is 0 Å². The highest BCUT2D eigenvalue weighted by atomic mass is 16.7. The molecule has 0 amide bonds. The van der Waals surface area contributed by atoms with Gasteiger partial charge in [0.05, 0.1) is 5.60 Å². The van der Waals surface area contributed by atoms with Crippen LogP contribution < -0.4 is 0 Å². The number of ether oxygens (including phenoxy) is 3. The van der Waals surface area contributed by atoms with Crippen LogP contribution in [0.25, 0.3) is 0 Å². The molecule has 0 fully saturated rings. The van der Waals surface area contributed by atoms with Gasteiger partial charge in [-0.15, -0.1) is 0 Å². The van der Waals surface area contributed by atoms with Gasteiger partial charge in [-0.3, -0.25) is 0 Å². The Hall–Kier alpha value is -0.120. The minimum Gasteiger partial charge on any atom is -0.379 e. The van der Waals surface area contributed by atoms with Gasteiger partial charge in [-0.25, -0.2) is 0 Å². The van der Waals surface area contributed by atoms with Crippen molar-refractivity contribution in [2.24, 2.45) is 16.2 Å². The van der Waals surface area contributed by atoms with E-state index in [-0.39, 0.29) is 5.60 Å². The van der Waals surface area contributed by atoms with Crippen LogP contribution in [-0.4, -0.2) is 32.7 Å². The first-order valence-electron chi connectivity index (χ1n) is 9.59. The quantitative estimate of drug-likeness (QED) is 0.463. The summed E-state index contributed by atoms with van der Waals surface area (Å²) in [6, 6.07) is 0. The Bertz CT molecular complexity index is 280. The van der Waals surface area contributed by atoms with Crippen LogP contribution in [0.15, 0.2) is 0 Å². The summed E-state index contributed by atoms with van der Waals surface area (Å²) in [6.45, 7) is 32.1. The predicted octanol–water partition coefficient (Wildman–Crippen LogP) is 7.58. The molecule has 0 heterocycles. The van der Waals surface area contributed by atoms with Crippen molar-refractivity contribution in [2.45, 2.75) is 115 Å². The zero-order valence-corrected chi connectivity index (χ0v) is 21.7. The summed E-state index contributed by atoms with van der Waals surface area (Å²) in [6.07, 6.45) is 0. The maximum atomic E-state index is 4.94. The monoisotopic (exact) mass is 378 g/mol. The summed E-state index contributed by atoms with van der Waals surface area (Å²) < 4.78 is 14.7. The molecular weight excluding hydrogens is 324 g/mol. The van der Waals surface area contributed by atoms with Gasteiger partial charge in [0.25, 0.3) is 0 Å². The summed E-state index contributed by atoms with van der Waals surface area (Å²) in [5, 5.41) is 0. The van der Waals surface area contributed by atoms with E-state index in [9.17, 15) is 0 Å². The lowest BCUT2D eigenvalue weighted by atomic mass is 9.71. The van der Waals surface area contributed by atoms with E-state index >= 15 is 0 Å². The summed E-state index contributed by atoms with van der Waals surface area (Å²) in [7, 11) is 4.94. The highest BCUT2D eigenvalue weighted by Crippen LogP contribution is 2.36. The Kier molecular flexibility index (Phi) is 16.9. The van der Waals surface area contributed by atoms with Gasteiger partial charge < -0.3 is 14.2 Å². The second-order valence-electron chi connectivity index (χ2n) is 11.6. The third-order valence-electron chi connectivity index (χ3n) is 3.85. The Morgan fingerprint density at radius 1 is 0.385 bits per heavy atom. The van der Waals surface area contributed by atoms with Crippen molar-refractivity contribution in [1.82, 2.24) is 0 Å². The standard InChI is InChI=1S/C8H18.C5H12O2.C5H12O.C5H12/c1-7(2,3)8(4,5)6;1-5(2,6-3)7-4;1-5(2,3)6-4;1-5(2,3)4/h1-6H3;1-4H3;1-4H3;1-4H3. The van der Waals surface area contributed by atoms with E-state index < -0.39 is 5.79 Å². The molecule has 3 heteroatoms. The predicted molar refractivity (Wildman–Crippen MR) is 119 cm³/mol. The first-order valence-corrected chi connectivity index (χ1v) is 9.59. The molecule has 0 aromatic heterocycles. The molecule has 0 saturated heterocycles. The molecule has 0 aromatic carbocycles. The Morgan fingerprint density at radius 2 is 0.538 bits per heavy atom. The number of rotatable bonds is 2. The van der Waals surface area contributed by atoms with Crippen molar-refractivity contribution in [1.29, 1.82) is 0 Å². The molecule has 0 unspecified atom stereocenters. The molecule has 0 rings (SSSR count). The van der Waals surface area contributed by atoms with Crippen LogP contribution in [-0.2, 0) is 14.2 Å². The molecule has 0 saturated carbocycles. The Morgan fingerprint density at radius 3 is 0.538 bits per heavy atom. The first-order chi connectivity index (χ1) is 10.9. The topological polar surface area (TPSA) is 27.7 Å². The zero-order chi connectivity index (χ0) is 22.6. The average molecular weight is 379 g/mol. The molecule has 0 aliphatic rings. The normalized spacial score (nSPS) is 12.7. The van der Waals surface area contributed by atoms with E-state index in [2.05, 4.69) is 69.2 Å². The highest BCUT2D eigenvalue weighted by molar-refractivity contribution is 4.77. The second kappa shape index (κ2) is 13.1. The molecule has 0 bridgehead atoms. The molecule has 0 aliphatic heterocycles. The van der Waals surface area contributed by atoms with Crippen LogP contribution in [0.2, 0.25) is 0 Å². The van der Waals surface area contributed by atoms with Crippen molar-refractivity contribution in [3.8, 4) is 0 Å². The summed E-state index contributed by atoms with van der Waals surface area (Å²) in [5.74, 6) is -0.417. The number of hydrogen-bond donors (Lipinski definition) is 0. The largest absolute Gasteiger partial charge is 0.379 e. The van der Waals surface area contributed by atoms with Crippen LogP contribution in [0.4, 0.5) is 0 Å². The summed E-state index contributed by atoms with van der Waals surface area (Å²) >= 11 is 0. The minimum atomic E-state index is -0.417. The third kappa shape index (κ3) is 39.1. The van der Waals surface area contributed by atoms with E-state index in [0.29, 0.717) is 16.2 Å². The second-order valence-corrected chi connectivity index (χ2v) is 11.6. The molecular formula is C23H54O3. The molecule has 0 atom stereocenters. The van der Waals surface area contributed by atoms with E-state index in [4.69, 9.17) is 14.2 Å². The Labute approximate surface area is 167 Å². The van der Waals surface area contributed by atoms with Crippen LogP contribution in [0.1, 0.15) is 104 Å². The van der Waals surface area contributed by atoms with E-state index in [1.54, 1.807) is 21.3 Å². The molecule has 0 N–H and O–H groups in total. The van der Waals surface area contributed by atoms with Crippen LogP contribution >= 0.6 is 0 Å². The molecule has 164 valence electrons. The van der Waals surface area contributed by atoms with Gasteiger partial charge in [-0.05, 0) is 50.9 Å². The summed E-state index contributed by atoms with van der Waals surface area (Å²) in [5.41, 5.74) is 1.42. The van der Waals surface area contributed by atoms with E-state index in [1.807, 2.05) is 34.6 Å². The molecule has 0 radical (unpaired) electrons. The number of methoxy groups -OCH3 is 3. The summed E-state index contributed by atoms with van der Waals surface area (Å²) in [4.78, 5) is 0. The highest BCUT2D eigenvalue weighted by Gasteiger charge is 2.26. The third-order valence-corrected chi connectivity index (χ3v) is 3.85. The smallest absolute Gasteiger partial charge is 0.161 e. The molecule has 26 heavy (non-hydrogen) atoms. The fourth-order valence-corrected chi connectivity index (χ4v) is 0.0833. The van der Waals surface area contributed by atoms with Gasteiger partial charge in [0.1, 0.15) is 0 Å². The van der Waals surface area contributed by atoms with Gasteiger partial charge in [0, 0.05) is 21.3 Å². The van der Waals surface area contributed by atoms with Crippen molar-refractivity contribution in [3.63, 3.8) is 0 Å². The van der Waals surface area contributed by atoms with Crippen LogP contribution in [0.3, 0.4) is 0 Å². The molecule has 0 aromatic rings. The van der Waals surface area contributed by atoms with Crippen molar-refractivity contribution >= 4 is 0 Å². The number of hydrogen-bond acceptors (Lipinski definition) is 3. The lowest BCUT2D eigenvalue weighted by Gasteiger charge is -2.34. The van der Waals surface area contributed by atoms with E-state index in [0.717, 1.165) is 0 Å². The first kappa shape index (κ1) is 33.5. The van der Waals surface area contributed by atoms with Gasteiger partial charge in [-0.1, -0.05) is 69.2 Å². The van der Waals surface area contributed by atoms with Crippen molar-refractivity contribution in [2.75, 3.05) is 21.3 Å². The van der Waals surface area contributed by atoms with Gasteiger partial charge in [0.2, 0.25) is 0 Å². The van der Waals surface area contributed by atoms with Gasteiger partial charge >= 0.3 is 0 Å². The van der Waals surface area contributed by atoms with Crippen LogP contribution in [0, 0.1) is 16.2 Å². The minimum absolute atomic E-state index is 0.0417. The van der Waals surface area contributed by atoms with Gasteiger partial charge in [0.15, 0.2) is 5.79 Å². The maximum Gasteiger partial charge on any atom is 0.161 e. The van der Waals surface area contributed by atoms with Crippen LogP contribution in [0.5, 0.6) is 0 Å². The Balaban J connectivity index is -0.000000126. The molecule has 3 nitrogen and oxygen atoms in total. The van der Waals surface area contributed by atoms with Crippen molar-refractivity contribution in [3.05, 3.63) is 0 Å². The van der Waals surface area contributed by atoms with Crippen molar-refractivity contribution < 1.29 is 14.2 Å². The lowest BCUT2D eigenvalue weighted by molar-refractivity contribution is -0.178.